The fourth-order valence-corrected chi connectivity index (χ4v) is 4.36. The summed E-state index contributed by atoms with van der Waals surface area (Å²) in [5.41, 5.74) is 1.24. The molecule has 6 heteroatoms. The molecule has 28 heavy (non-hydrogen) atoms. The number of amides is 2. The number of nitrogens with one attached hydrogen (secondary N) is 2. The Balaban J connectivity index is 1.53. The highest BCUT2D eigenvalue weighted by molar-refractivity contribution is 8.00. The van der Waals surface area contributed by atoms with Crippen molar-refractivity contribution in [2.45, 2.75) is 37.0 Å². The Labute approximate surface area is 175 Å². The fraction of sp³-hybridized carbons (Fsp3) is 0.364. The molecule has 2 N–H and O–H groups in total. The lowest BCUT2D eigenvalue weighted by atomic mass is 9.89. The highest BCUT2D eigenvalue weighted by Gasteiger charge is 2.16. The van der Waals surface area contributed by atoms with Gasteiger partial charge in [0.25, 0.3) is 5.91 Å². The van der Waals surface area contributed by atoms with Crippen molar-refractivity contribution in [3.05, 3.63) is 59.1 Å². The van der Waals surface area contributed by atoms with Gasteiger partial charge in [0.15, 0.2) is 0 Å². The van der Waals surface area contributed by atoms with E-state index in [2.05, 4.69) is 10.6 Å². The quantitative estimate of drug-likeness (QED) is 0.595. The molecule has 1 aliphatic carbocycles. The van der Waals surface area contributed by atoms with Gasteiger partial charge in [-0.3, -0.25) is 9.59 Å². The molecule has 0 unspecified atom stereocenters. The van der Waals surface area contributed by atoms with Crippen LogP contribution >= 0.6 is 23.4 Å². The zero-order valence-electron chi connectivity index (χ0n) is 15.7. The first-order chi connectivity index (χ1) is 13.6. The molecule has 1 fully saturated rings. The maximum Gasteiger partial charge on any atom is 0.256 e. The van der Waals surface area contributed by atoms with Gasteiger partial charge in [0, 0.05) is 22.2 Å². The number of rotatable bonds is 7. The standard InChI is InChI=1S/C22H25ClN2O2S/c23-17-10-12-18(13-11-17)25-22(27)19-8-4-5-9-20(19)28-15-21(26)24-14-16-6-2-1-3-7-16/h4-5,8-13,16H,1-3,6-7,14-15H2,(H,24,26)(H,25,27). The molecule has 2 aromatic rings. The Bertz CT molecular complexity index is 804. The summed E-state index contributed by atoms with van der Waals surface area (Å²) < 4.78 is 0. The van der Waals surface area contributed by atoms with Gasteiger partial charge >= 0.3 is 0 Å². The van der Waals surface area contributed by atoms with Gasteiger partial charge in [-0.2, -0.15) is 0 Å². The molecule has 0 spiro atoms. The van der Waals surface area contributed by atoms with Crippen LogP contribution in [0.4, 0.5) is 5.69 Å². The maximum atomic E-state index is 12.6. The van der Waals surface area contributed by atoms with E-state index in [1.807, 2.05) is 18.2 Å². The molecular weight excluding hydrogens is 392 g/mol. The minimum atomic E-state index is -0.201. The number of carbonyl (C=O) groups excluding carboxylic acids is 2. The lowest BCUT2D eigenvalue weighted by Gasteiger charge is -2.21. The van der Waals surface area contributed by atoms with Gasteiger partial charge in [-0.1, -0.05) is 43.0 Å². The molecule has 3 rings (SSSR count). The minimum absolute atomic E-state index is 0.0171. The Morgan fingerprint density at radius 1 is 1.00 bits per heavy atom. The number of halogens is 1. The van der Waals surface area contributed by atoms with Crippen LogP contribution in [0.2, 0.25) is 5.02 Å². The van der Waals surface area contributed by atoms with Gasteiger partial charge in [-0.15, -0.1) is 11.8 Å². The average Bonchev–Trinajstić information content (AvgIpc) is 2.73. The normalized spacial score (nSPS) is 14.5. The van der Waals surface area contributed by atoms with Gasteiger partial charge in [-0.05, 0) is 55.2 Å². The highest BCUT2D eigenvalue weighted by atomic mass is 35.5. The first-order valence-corrected chi connectivity index (χ1v) is 11.0. The van der Waals surface area contributed by atoms with E-state index in [9.17, 15) is 9.59 Å². The molecule has 0 aliphatic heterocycles. The number of hydrogen-bond acceptors (Lipinski definition) is 3. The topological polar surface area (TPSA) is 58.2 Å². The van der Waals surface area contributed by atoms with Crippen LogP contribution < -0.4 is 10.6 Å². The van der Waals surface area contributed by atoms with Gasteiger partial charge < -0.3 is 10.6 Å². The van der Waals surface area contributed by atoms with Crippen molar-refractivity contribution in [1.29, 1.82) is 0 Å². The highest BCUT2D eigenvalue weighted by Crippen LogP contribution is 2.25. The van der Waals surface area contributed by atoms with Crippen molar-refractivity contribution < 1.29 is 9.59 Å². The van der Waals surface area contributed by atoms with Crippen LogP contribution in [-0.4, -0.2) is 24.1 Å². The lowest BCUT2D eigenvalue weighted by Crippen LogP contribution is -2.31. The molecule has 1 saturated carbocycles. The molecule has 4 nitrogen and oxygen atoms in total. The number of benzene rings is 2. The molecule has 1 aliphatic rings. The van der Waals surface area contributed by atoms with Gasteiger partial charge in [0.2, 0.25) is 5.91 Å². The second kappa shape index (κ2) is 10.5. The van der Waals surface area contributed by atoms with E-state index in [-0.39, 0.29) is 11.8 Å². The minimum Gasteiger partial charge on any atom is -0.355 e. The predicted octanol–water partition coefficient (Wildman–Crippen LogP) is 5.38. The molecule has 148 valence electrons. The summed E-state index contributed by atoms with van der Waals surface area (Å²) in [6, 6.07) is 14.3. The summed E-state index contributed by atoms with van der Waals surface area (Å²) in [6.45, 7) is 0.762. The first kappa shape index (κ1) is 20.7. The van der Waals surface area contributed by atoms with E-state index in [1.54, 1.807) is 30.3 Å². The third-order valence-electron chi connectivity index (χ3n) is 4.91. The van der Waals surface area contributed by atoms with Crippen LogP contribution in [0.1, 0.15) is 42.5 Å². The number of carbonyl (C=O) groups is 2. The van der Waals surface area contributed by atoms with Crippen LogP contribution in [0.3, 0.4) is 0 Å². The van der Waals surface area contributed by atoms with Crippen molar-refractivity contribution in [1.82, 2.24) is 5.32 Å². The monoisotopic (exact) mass is 416 g/mol. The van der Waals surface area contributed by atoms with Crippen molar-refractivity contribution in [2.24, 2.45) is 5.92 Å². The van der Waals surface area contributed by atoms with Crippen molar-refractivity contribution in [3.8, 4) is 0 Å². The van der Waals surface area contributed by atoms with Crippen LogP contribution in [0.15, 0.2) is 53.4 Å². The second-order valence-electron chi connectivity index (χ2n) is 7.05. The maximum absolute atomic E-state index is 12.6. The van der Waals surface area contributed by atoms with Crippen LogP contribution in [0, 0.1) is 5.92 Å². The van der Waals surface area contributed by atoms with E-state index in [0.717, 1.165) is 11.4 Å². The van der Waals surface area contributed by atoms with E-state index in [1.165, 1.54) is 43.9 Å². The fourth-order valence-electron chi connectivity index (χ4n) is 3.36. The average molecular weight is 417 g/mol. The van der Waals surface area contributed by atoms with Crippen LogP contribution in [-0.2, 0) is 4.79 Å². The van der Waals surface area contributed by atoms with Crippen molar-refractivity contribution >= 4 is 40.9 Å². The Morgan fingerprint density at radius 2 is 1.71 bits per heavy atom. The molecule has 0 atom stereocenters. The molecular formula is C22H25ClN2O2S. The largest absolute Gasteiger partial charge is 0.355 e. The van der Waals surface area contributed by atoms with Crippen LogP contribution in [0.25, 0.3) is 0 Å². The second-order valence-corrected chi connectivity index (χ2v) is 8.51. The summed E-state index contributed by atoms with van der Waals surface area (Å²) >= 11 is 7.27. The summed E-state index contributed by atoms with van der Waals surface area (Å²) in [5.74, 6) is 0.731. The Kier molecular flexibility index (Phi) is 7.80. The van der Waals surface area contributed by atoms with Gasteiger partial charge in [-0.25, -0.2) is 0 Å². The number of thioether (sulfide) groups is 1. The smallest absolute Gasteiger partial charge is 0.256 e. The van der Waals surface area contributed by atoms with Crippen molar-refractivity contribution in [3.63, 3.8) is 0 Å². The molecule has 2 aromatic carbocycles. The first-order valence-electron chi connectivity index (χ1n) is 9.67. The summed E-state index contributed by atoms with van der Waals surface area (Å²) in [4.78, 5) is 25.7. The van der Waals surface area contributed by atoms with Crippen molar-refractivity contribution in [2.75, 3.05) is 17.6 Å². The number of hydrogen-bond donors (Lipinski definition) is 2. The lowest BCUT2D eigenvalue weighted by molar-refractivity contribution is -0.118. The third kappa shape index (κ3) is 6.28. The Hall–Kier alpha value is -1.98. The molecule has 0 heterocycles. The summed E-state index contributed by atoms with van der Waals surface area (Å²) in [5, 5.41) is 6.53. The zero-order valence-corrected chi connectivity index (χ0v) is 17.3. The number of anilines is 1. The molecule has 2 amide bonds. The van der Waals surface area contributed by atoms with Crippen LogP contribution in [0.5, 0.6) is 0 Å². The van der Waals surface area contributed by atoms with E-state index >= 15 is 0 Å². The van der Waals surface area contributed by atoms with E-state index in [0.29, 0.717) is 27.9 Å². The summed E-state index contributed by atoms with van der Waals surface area (Å²) in [6.07, 6.45) is 6.27. The van der Waals surface area contributed by atoms with Gasteiger partial charge in [0.1, 0.15) is 0 Å². The molecule has 0 aromatic heterocycles. The molecule has 0 radical (unpaired) electrons. The third-order valence-corrected chi connectivity index (χ3v) is 6.23. The van der Waals surface area contributed by atoms with E-state index in [4.69, 9.17) is 11.6 Å². The zero-order chi connectivity index (χ0) is 19.8. The predicted molar refractivity (Wildman–Crippen MR) is 116 cm³/mol. The SMILES string of the molecule is O=C(CSc1ccccc1C(=O)Nc1ccc(Cl)cc1)NCC1CCCCC1. The van der Waals surface area contributed by atoms with E-state index < -0.39 is 0 Å². The molecule has 0 saturated heterocycles. The Morgan fingerprint density at radius 3 is 2.46 bits per heavy atom. The summed E-state index contributed by atoms with van der Waals surface area (Å²) in [7, 11) is 0. The van der Waals surface area contributed by atoms with Gasteiger partial charge in [0.05, 0.1) is 11.3 Å². The molecule has 0 bridgehead atoms.